The predicted molar refractivity (Wildman–Crippen MR) is 68.1 cm³/mol. The molecular weight excluding hydrogens is 220 g/mol. The highest BCUT2D eigenvalue weighted by Crippen LogP contribution is 2.36. The van der Waals surface area contributed by atoms with E-state index in [-0.39, 0.29) is 0 Å². The van der Waals surface area contributed by atoms with E-state index < -0.39 is 0 Å². The minimum atomic E-state index is 0.391. The van der Waals surface area contributed by atoms with Crippen LogP contribution in [-0.4, -0.2) is 18.6 Å². The van der Waals surface area contributed by atoms with Gasteiger partial charge < -0.3 is 10.6 Å². The number of nitrogens with two attached hydrogens (primary N) is 1. The average molecular weight is 237 g/mol. The number of aryl methyl sites for hydroxylation is 1. The monoisotopic (exact) mass is 236 g/mol. The van der Waals surface area contributed by atoms with Gasteiger partial charge >= 0.3 is 0 Å². The minimum Gasteiger partial charge on any atom is -0.368 e. The number of rotatable bonds is 0. The Morgan fingerprint density at radius 2 is 2.19 bits per heavy atom. The highest BCUT2D eigenvalue weighted by molar-refractivity contribution is 6.30. The van der Waals surface area contributed by atoms with Crippen molar-refractivity contribution in [1.29, 1.82) is 0 Å². The van der Waals surface area contributed by atoms with Crippen LogP contribution in [-0.2, 0) is 6.42 Å². The van der Waals surface area contributed by atoms with Crippen LogP contribution in [0.4, 0.5) is 5.69 Å². The largest absolute Gasteiger partial charge is 0.368 e. The molecule has 1 saturated heterocycles. The van der Waals surface area contributed by atoms with E-state index in [0.717, 1.165) is 24.4 Å². The fourth-order valence-corrected chi connectivity index (χ4v) is 3.18. The molecular formula is C13H17ClN2. The Morgan fingerprint density at radius 3 is 3.06 bits per heavy atom. The molecule has 1 aromatic rings. The lowest BCUT2D eigenvalue weighted by Gasteiger charge is -2.44. The van der Waals surface area contributed by atoms with Gasteiger partial charge in [-0.2, -0.15) is 0 Å². The van der Waals surface area contributed by atoms with Gasteiger partial charge in [0.2, 0.25) is 0 Å². The molecule has 0 aliphatic carbocycles. The molecule has 2 nitrogen and oxygen atoms in total. The van der Waals surface area contributed by atoms with Crippen molar-refractivity contribution in [1.82, 2.24) is 0 Å². The zero-order valence-electron chi connectivity index (χ0n) is 9.32. The SMILES string of the molecule is NC1CCN2c3cc(Cl)ccc3CCC2C1. The molecule has 16 heavy (non-hydrogen) atoms. The average Bonchev–Trinajstić information content (AvgIpc) is 2.28. The molecule has 2 atom stereocenters. The summed E-state index contributed by atoms with van der Waals surface area (Å²) in [6, 6.07) is 7.30. The summed E-state index contributed by atoms with van der Waals surface area (Å²) in [7, 11) is 0. The fourth-order valence-electron chi connectivity index (χ4n) is 3.01. The summed E-state index contributed by atoms with van der Waals surface area (Å²) in [4.78, 5) is 2.51. The van der Waals surface area contributed by atoms with E-state index in [1.807, 2.05) is 6.07 Å². The Kier molecular flexibility index (Phi) is 2.56. The van der Waals surface area contributed by atoms with Crippen LogP contribution in [0.15, 0.2) is 18.2 Å². The van der Waals surface area contributed by atoms with Crippen molar-refractivity contribution in [3.8, 4) is 0 Å². The van der Waals surface area contributed by atoms with E-state index in [9.17, 15) is 0 Å². The second-order valence-electron chi connectivity index (χ2n) is 4.94. The van der Waals surface area contributed by atoms with Gasteiger partial charge in [0.25, 0.3) is 0 Å². The van der Waals surface area contributed by atoms with Crippen molar-refractivity contribution in [2.24, 2.45) is 5.73 Å². The summed E-state index contributed by atoms with van der Waals surface area (Å²) in [5.41, 5.74) is 8.82. The highest BCUT2D eigenvalue weighted by Gasteiger charge is 2.31. The molecule has 2 unspecified atom stereocenters. The zero-order chi connectivity index (χ0) is 11.1. The molecule has 0 aromatic heterocycles. The maximum atomic E-state index is 6.09. The number of benzene rings is 1. The van der Waals surface area contributed by atoms with Gasteiger partial charge in [-0.25, -0.2) is 0 Å². The first-order chi connectivity index (χ1) is 7.74. The second kappa shape index (κ2) is 3.94. The summed E-state index contributed by atoms with van der Waals surface area (Å²) in [5, 5.41) is 0.842. The summed E-state index contributed by atoms with van der Waals surface area (Å²) in [6.45, 7) is 1.08. The fraction of sp³-hybridized carbons (Fsp3) is 0.538. The standard InChI is InChI=1S/C13H17ClN2/c14-10-3-1-9-2-4-12-8-11(15)5-6-16(12)13(9)7-10/h1,3,7,11-12H,2,4-6,8,15H2. The van der Waals surface area contributed by atoms with Gasteiger partial charge in [0.05, 0.1) is 0 Å². The van der Waals surface area contributed by atoms with Gasteiger partial charge in [-0.15, -0.1) is 0 Å². The molecule has 1 fully saturated rings. The molecule has 2 aliphatic rings. The second-order valence-corrected chi connectivity index (χ2v) is 5.38. The number of hydrogen-bond donors (Lipinski definition) is 1. The molecule has 1 aromatic carbocycles. The van der Waals surface area contributed by atoms with Crippen LogP contribution in [0.5, 0.6) is 0 Å². The van der Waals surface area contributed by atoms with Gasteiger partial charge in [-0.3, -0.25) is 0 Å². The lowest BCUT2D eigenvalue weighted by molar-refractivity contribution is 0.384. The number of hydrogen-bond acceptors (Lipinski definition) is 2. The number of nitrogens with zero attached hydrogens (tertiary/aromatic N) is 1. The molecule has 2 N–H and O–H groups in total. The normalized spacial score (nSPS) is 28.5. The molecule has 0 saturated carbocycles. The Hall–Kier alpha value is -0.730. The Morgan fingerprint density at radius 1 is 1.31 bits per heavy atom. The molecule has 0 spiro atoms. The van der Waals surface area contributed by atoms with Crippen molar-refractivity contribution >= 4 is 17.3 Å². The molecule has 2 aliphatic heterocycles. The number of fused-ring (bicyclic) bond motifs is 3. The van der Waals surface area contributed by atoms with Gasteiger partial charge in [-0.1, -0.05) is 17.7 Å². The molecule has 86 valence electrons. The zero-order valence-corrected chi connectivity index (χ0v) is 10.1. The summed E-state index contributed by atoms with van der Waals surface area (Å²) in [6.07, 6.45) is 4.64. The minimum absolute atomic E-state index is 0.391. The molecule has 3 rings (SSSR count). The van der Waals surface area contributed by atoms with Gasteiger partial charge in [-0.05, 0) is 43.4 Å². The van der Waals surface area contributed by atoms with E-state index in [4.69, 9.17) is 17.3 Å². The van der Waals surface area contributed by atoms with E-state index in [2.05, 4.69) is 17.0 Å². The van der Waals surface area contributed by atoms with Crippen LogP contribution in [0, 0.1) is 0 Å². The summed E-state index contributed by atoms with van der Waals surface area (Å²) < 4.78 is 0. The van der Waals surface area contributed by atoms with Crippen LogP contribution in [0.1, 0.15) is 24.8 Å². The molecule has 3 heteroatoms. The van der Waals surface area contributed by atoms with Crippen LogP contribution < -0.4 is 10.6 Å². The third-order valence-corrected chi connectivity index (χ3v) is 4.10. The first-order valence-corrected chi connectivity index (χ1v) is 6.42. The van der Waals surface area contributed by atoms with E-state index >= 15 is 0 Å². The number of anilines is 1. The van der Waals surface area contributed by atoms with E-state index in [1.165, 1.54) is 24.1 Å². The quantitative estimate of drug-likeness (QED) is 0.750. The Balaban J connectivity index is 1.96. The first kappa shape index (κ1) is 10.4. The first-order valence-electron chi connectivity index (χ1n) is 6.04. The highest BCUT2D eigenvalue weighted by atomic mass is 35.5. The van der Waals surface area contributed by atoms with Gasteiger partial charge in [0.15, 0.2) is 0 Å². The lowest BCUT2D eigenvalue weighted by atomic mass is 9.88. The number of piperidine rings is 1. The third kappa shape index (κ3) is 1.70. The molecule has 2 heterocycles. The van der Waals surface area contributed by atoms with Crippen molar-refractivity contribution in [3.05, 3.63) is 28.8 Å². The molecule has 0 radical (unpaired) electrons. The van der Waals surface area contributed by atoms with Gasteiger partial charge in [0, 0.05) is 29.3 Å². The van der Waals surface area contributed by atoms with Crippen molar-refractivity contribution in [3.63, 3.8) is 0 Å². The summed E-state index contributed by atoms with van der Waals surface area (Å²) >= 11 is 6.09. The topological polar surface area (TPSA) is 29.3 Å². The maximum absolute atomic E-state index is 6.09. The predicted octanol–water partition coefficient (Wildman–Crippen LogP) is 2.58. The van der Waals surface area contributed by atoms with Crippen LogP contribution in [0.3, 0.4) is 0 Å². The van der Waals surface area contributed by atoms with Crippen LogP contribution in [0.25, 0.3) is 0 Å². The smallest absolute Gasteiger partial charge is 0.0426 e. The molecule has 0 amide bonds. The maximum Gasteiger partial charge on any atom is 0.0426 e. The third-order valence-electron chi connectivity index (χ3n) is 3.86. The van der Waals surface area contributed by atoms with Gasteiger partial charge in [0.1, 0.15) is 0 Å². The Labute approximate surface area is 101 Å². The number of halogens is 1. The van der Waals surface area contributed by atoms with Crippen LogP contribution >= 0.6 is 11.6 Å². The van der Waals surface area contributed by atoms with Crippen molar-refractivity contribution in [2.75, 3.05) is 11.4 Å². The lowest BCUT2D eigenvalue weighted by Crippen LogP contribution is -2.49. The Bertz CT molecular complexity index is 405. The molecule has 0 bridgehead atoms. The van der Waals surface area contributed by atoms with Crippen LogP contribution in [0.2, 0.25) is 5.02 Å². The van der Waals surface area contributed by atoms with E-state index in [1.54, 1.807) is 0 Å². The summed E-state index contributed by atoms with van der Waals surface area (Å²) in [5.74, 6) is 0. The van der Waals surface area contributed by atoms with Crippen molar-refractivity contribution < 1.29 is 0 Å². The van der Waals surface area contributed by atoms with Crippen molar-refractivity contribution in [2.45, 2.75) is 37.8 Å². The van der Waals surface area contributed by atoms with E-state index in [0.29, 0.717) is 12.1 Å².